The van der Waals surface area contributed by atoms with Crippen LogP contribution in [0, 0.1) is 5.82 Å². The van der Waals surface area contributed by atoms with E-state index in [9.17, 15) is 9.18 Å². The van der Waals surface area contributed by atoms with E-state index in [-0.39, 0.29) is 18.1 Å². The second-order valence-corrected chi connectivity index (χ2v) is 5.45. The van der Waals surface area contributed by atoms with Gasteiger partial charge < -0.3 is 4.52 Å². The molecule has 0 radical (unpaired) electrons. The topological polar surface area (TPSA) is 71.3 Å². The van der Waals surface area contributed by atoms with E-state index >= 15 is 0 Å². The number of hydrogen-bond acceptors (Lipinski definition) is 5. The van der Waals surface area contributed by atoms with Gasteiger partial charge in [0, 0.05) is 25.5 Å². The number of anilines is 1. The summed E-state index contributed by atoms with van der Waals surface area (Å²) >= 11 is 0. The van der Waals surface area contributed by atoms with Crippen molar-refractivity contribution in [1.29, 1.82) is 0 Å². The number of carbonyl (C=O) groups is 1. The van der Waals surface area contributed by atoms with E-state index in [4.69, 9.17) is 4.52 Å². The normalized spacial score (nSPS) is 10.5. The summed E-state index contributed by atoms with van der Waals surface area (Å²) in [4.78, 5) is 16.3. The molecule has 0 saturated heterocycles. The number of para-hydroxylation sites is 1. The number of nitrogens with zero attached hydrogens (tertiary/aromatic N) is 3. The van der Waals surface area contributed by atoms with Gasteiger partial charge in [0.1, 0.15) is 5.82 Å². The molecule has 6 nitrogen and oxygen atoms in total. The molecular weight excluding hydrogens is 323 g/mol. The molecule has 1 heterocycles. The smallest absolute Gasteiger partial charge is 0.239 e. The Bertz CT molecular complexity index is 834. The Kier molecular flexibility index (Phi) is 5.03. The number of halogens is 1. The molecule has 0 spiro atoms. The van der Waals surface area contributed by atoms with Crippen molar-refractivity contribution in [2.24, 2.45) is 0 Å². The van der Waals surface area contributed by atoms with Crippen molar-refractivity contribution >= 4 is 11.6 Å². The van der Waals surface area contributed by atoms with Crippen molar-refractivity contribution in [3.05, 3.63) is 66.3 Å². The summed E-state index contributed by atoms with van der Waals surface area (Å²) in [5, 5.41) is 5.50. The maximum Gasteiger partial charge on any atom is 0.239 e. The quantitative estimate of drug-likeness (QED) is 0.699. The Morgan fingerprint density at radius 1 is 1.16 bits per heavy atom. The monoisotopic (exact) mass is 340 g/mol. The molecule has 0 aliphatic rings. The molecule has 3 rings (SSSR count). The highest BCUT2D eigenvalue weighted by Gasteiger charge is 2.12. The van der Waals surface area contributed by atoms with Gasteiger partial charge in [0.05, 0.1) is 5.69 Å². The predicted molar refractivity (Wildman–Crippen MR) is 91.0 cm³/mol. The number of rotatable bonds is 6. The van der Waals surface area contributed by atoms with Crippen LogP contribution in [0.15, 0.2) is 59.1 Å². The van der Waals surface area contributed by atoms with Crippen LogP contribution in [0.3, 0.4) is 0 Å². The number of amides is 1. The average molecular weight is 340 g/mol. The molecule has 0 aliphatic carbocycles. The number of benzene rings is 2. The molecule has 2 aromatic carbocycles. The molecule has 1 amide bonds. The largest absolute Gasteiger partial charge is 0.339 e. The molecule has 0 unspecified atom stereocenters. The lowest BCUT2D eigenvalue weighted by Gasteiger charge is -2.19. The zero-order chi connectivity index (χ0) is 17.6. The molecular formula is C18H17FN4O2. The van der Waals surface area contributed by atoms with E-state index in [1.165, 1.54) is 12.1 Å². The Morgan fingerprint density at radius 2 is 1.88 bits per heavy atom. The van der Waals surface area contributed by atoms with Crippen LogP contribution >= 0.6 is 0 Å². The molecule has 1 N–H and O–H groups in total. The van der Waals surface area contributed by atoms with Gasteiger partial charge in [0.2, 0.25) is 17.6 Å². The number of aryl methyl sites for hydroxylation is 1. The second kappa shape index (κ2) is 7.57. The molecule has 3 aromatic rings. The maximum atomic E-state index is 12.9. The third kappa shape index (κ3) is 4.41. The number of carbonyl (C=O) groups excluding carboxylic acids is 1. The Morgan fingerprint density at radius 3 is 2.60 bits per heavy atom. The summed E-state index contributed by atoms with van der Waals surface area (Å²) in [5.74, 6) is 0.244. The van der Waals surface area contributed by atoms with Gasteiger partial charge >= 0.3 is 0 Å². The lowest BCUT2D eigenvalue weighted by molar-refractivity contribution is -0.121. The van der Waals surface area contributed by atoms with E-state index in [0.717, 1.165) is 5.69 Å². The van der Waals surface area contributed by atoms with Gasteiger partial charge in [-0.15, -0.1) is 0 Å². The van der Waals surface area contributed by atoms with Crippen LogP contribution in [0.2, 0.25) is 0 Å². The first kappa shape index (κ1) is 16.6. The molecule has 0 bridgehead atoms. The zero-order valence-corrected chi connectivity index (χ0v) is 13.6. The van der Waals surface area contributed by atoms with E-state index < -0.39 is 0 Å². The second-order valence-electron chi connectivity index (χ2n) is 5.45. The zero-order valence-electron chi connectivity index (χ0n) is 13.6. The van der Waals surface area contributed by atoms with Gasteiger partial charge in [0.25, 0.3) is 0 Å². The summed E-state index contributed by atoms with van der Waals surface area (Å²) in [6.07, 6.45) is 0.533. The Hall–Kier alpha value is -3.22. The van der Waals surface area contributed by atoms with Gasteiger partial charge in [-0.25, -0.2) is 4.39 Å². The van der Waals surface area contributed by atoms with Gasteiger partial charge in [-0.3, -0.25) is 15.2 Å². The highest BCUT2D eigenvalue weighted by Crippen LogP contribution is 2.16. The summed E-state index contributed by atoms with van der Waals surface area (Å²) in [6.45, 7) is 0. The van der Waals surface area contributed by atoms with Crippen LogP contribution in [-0.4, -0.2) is 23.1 Å². The molecule has 0 atom stereocenters. The van der Waals surface area contributed by atoms with Gasteiger partial charge in [-0.1, -0.05) is 23.4 Å². The van der Waals surface area contributed by atoms with E-state index in [1.54, 1.807) is 24.2 Å². The lowest BCUT2D eigenvalue weighted by atomic mass is 10.2. The fourth-order valence-corrected chi connectivity index (χ4v) is 2.25. The molecule has 0 aliphatic heterocycles. The van der Waals surface area contributed by atoms with E-state index in [1.807, 2.05) is 30.3 Å². The van der Waals surface area contributed by atoms with Crippen LogP contribution in [0.1, 0.15) is 12.3 Å². The minimum atomic E-state index is -0.327. The Labute approximate surface area is 144 Å². The minimum Gasteiger partial charge on any atom is -0.339 e. The summed E-state index contributed by atoms with van der Waals surface area (Å²) in [6, 6.07) is 15.3. The van der Waals surface area contributed by atoms with Crippen LogP contribution in [0.4, 0.5) is 10.1 Å². The summed E-state index contributed by atoms with van der Waals surface area (Å²) in [7, 11) is 1.77. The third-order valence-electron chi connectivity index (χ3n) is 3.57. The molecule has 7 heteroatoms. The van der Waals surface area contributed by atoms with Crippen molar-refractivity contribution in [2.45, 2.75) is 12.8 Å². The number of aromatic nitrogens is 2. The van der Waals surface area contributed by atoms with Gasteiger partial charge in [-0.05, 0) is 36.4 Å². The summed E-state index contributed by atoms with van der Waals surface area (Å²) in [5.41, 5.74) is 4.31. The maximum absolute atomic E-state index is 12.9. The van der Waals surface area contributed by atoms with E-state index in [0.29, 0.717) is 23.7 Å². The van der Waals surface area contributed by atoms with Crippen molar-refractivity contribution in [2.75, 3.05) is 12.1 Å². The van der Waals surface area contributed by atoms with Crippen LogP contribution in [0.5, 0.6) is 0 Å². The van der Waals surface area contributed by atoms with Gasteiger partial charge in [0.15, 0.2) is 0 Å². The standard InChI is InChI=1S/C18H17FN4O2/c1-23(15-5-3-2-4-6-15)21-16(24)11-12-17-20-18(22-25-17)13-7-9-14(19)10-8-13/h2-10H,11-12H2,1H3,(H,21,24). The minimum absolute atomic E-state index is 0.159. The highest BCUT2D eigenvalue weighted by molar-refractivity contribution is 5.77. The van der Waals surface area contributed by atoms with Crippen LogP contribution in [-0.2, 0) is 11.2 Å². The predicted octanol–water partition coefficient (Wildman–Crippen LogP) is 2.98. The summed E-state index contributed by atoms with van der Waals surface area (Å²) < 4.78 is 18.1. The molecule has 0 fully saturated rings. The molecule has 128 valence electrons. The Balaban J connectivity index is 1.53. The lowest BCUT2D eigenvalue weighted by Crippen LogP contribution is -2.39. The fraction of sp³-hybridized carbons (Fsp3) is 0.167. The first-order valence-electron chi connectivity index (χ1n) is 7.78. The third-order valence-corrected chi connectivity index (χ3v) is 3.57. The van der Waals surface area contributed by atoms with Crippen molar-refractivity contribution in [3.8, 4) is 11.4 Å². The van der Waals surface area contributed by atoms with Crippen LogP contribution in [0.25, 0.3) is 11.4 Å². The molecule has 0 saturated carbocycles. The number of nitrogens with one attached hydrogen (secondary N) is 1. The SMILES string of the molecule is CN(NC(=O)CCc1nc(-c2ccc(F)cc2)no1)c1ccccc1. The molecule has 25 heavy (non-hydrogen) atoms. The number of hydrogen-bond donors (Lipinski definition) is 1. The molecule has 1 aromatic heterocycles. The first-order valence-corrected chi connectivity index (χ1v) is 7.78. The average Bonchev–Trinajstić information content (AvgIpc) is 3.10. The number of hydrazine groups is 1. The van der Waals surface area contributed by atoms with Crippen molar-refractivity contribution < 1.29 is 13.7 Å². The highest BCUT2D eigenvalue weighted by atomic mass is 19.1. The van der Waals surface area contributed by atoms with Crippen molar-refractivity contribution in [3.63, 3.8) is 0 Å². The van der Waals surface area contributed by atoms with Gasteiger partial charge in [-0.2, -0.15) is 4.98 Å². The van der Waals surface area contributed by atoms with Crippen molar-refractivity contribution in [1.82, 2.24) is 15.6 Å². The first-order chi connectivity index (χ1) is 12.1. The van der Waals surface area contributed by atoms with E-state index in [2.05, 4.69) is 15.6 Å². The fourth-order valence-electron chi connectivity index (χ4n) is 2.25. The van der Waals surface area contributed by atoms with Crippen LogP contribution < -0.4 is 10.4 Å².